The molecule has 4 heterocycles. The van der Waals surface area contributed by atoms with Crippen LogP contribution in [-0.4, -0.2) is 63.3 Å². The molecule has 0 radical (unpaired) electrons. The first-order chi connectivity index (χ1) is 22.5. The van der Waals surface area contributed by atoms with Gasteiger partial charge in [-0.05, 0) is 57.5 Å². The topological polar surface area (TPSA) is 138 Å². The van der Waals surface area contributed by atoms with Gasteiger partial charge in [-0.1, -0.05) is 23.8 Å². The second kappa shape index (κ2) is 12.0. The Morgan fingerprint density at radius 1 is 1.06 bits per heavy atom. The molecule has 3 aliphatic rings. The average Bonchev–Trinajstić information content (AvgIpc) is 3.60. The maximum Gasteiger partial charge on any atom is 0.262 e. The van der Waals surface area contributed by atoms with Crippen LogP contribution in [0.25, 0.3) is 4.85 Å². The molecule has 12 heteroatoms. The first kappa shape index (κ1) is 30.8. The van der Waals surface area contributed by atoms with Gasteiger partial charge in [-0.25, -0.2) is 4.85 Å². The zero-order chi connectivity index (χ0) is 33.5. The summed E-state index contributed by atoms with van der Waals surface area (Å²) in [4.78, 5) is 69.7. The van der Waals surface area contributed by atoms with Crippen LogP contribution in [0.2, 0.25) is 0 Å². The molecule has 1 unspecified atom stereocenters. The van der Waals surface area contributed by atoms with Crippen molar-refractivity contribution in [1.82, 2.24) is 20.0 Å². The quantitative estimate of drug-likeness (QED) is 0.252. The summed E-state index contributed by atoms with van der Waals surface area (Å²) in [5.41, 5.74) is 2.34. The second-order valence-electron chi connectivity index (χ2n) is 12.0. The Bertz CT molecular complexity index is 2040. The number of fused-ring (bicyclic) bond motifs is 1. The third-order valence-electron chi connectivity index (χ3n) is 8.44. The molecule has 3 aromatic rings. The van der Waals surface area contributed by atoms with Crippen LogP contribution in [-0.2, 0) is 19.9 Å². The van der Waals surface area contributed by atoms with E-state index in [4.69, 9.17) is 6.57 Å². The monoisotopic (exact) mass is 627 g/mol. The minimum absolute atomic E-state index is 0.0525. The summed E-state index contributed by atoms with van der Waals surface area (Å²) in [7, 11) is 0. The standard InChI is InChI=1S/C35H29N7O5/c1-5-6-23-15-24(36-4)9-12-28(23)38-34(47)35(2,3)41-20-21(17-37-41)7-8-22-18-40(19-22)25-10-11-26-27(16-25)33(46)42(32(26)45)29-13-14-30(43)39-31(29)44/h9-12,15-17,20,22,29H,13-14,18-19H2,1-3H3,(H,38,47)(H,39,43,44). The number of benzene rings is 2. The normalized spacial score (nSPS) is 17.4. The number of carbonyl (C=O) groups is 5. The molecule has 0 saturated carbocycles. The van der Waals surface area contributed by atoms with Crippen LogP contribution in [0.5, 0.6) is 0 Å². The number of carbonyl (C=O) groups excluding carboxylic acids is 5. The van der Waals surface area contributed by atoms with Crippen LogP contribution in [0.4, 0.5) is 17.1 Å². The average molecular weight is 628 g/mol. The van der Waals surface area contributed by atoms with E-state index in [2.05, 4.69) is 44.3 Å². The summed E-state index contributed by atoms with van der Waals surface area (Å²) in [6.07, 6.45) is 3.49. The van der Waals surface area contributed by atoms with Crippen molar-refractivity contribution in [2.45, 2.75) is 45.2 Å². The largest absolute Gasteiger partial charge is 0.369 e. The predicted molar refractivity (Wildman–Crippen MR) is 171 cm³/mol. The zero-order valence-corrected chi connectivity index (χ0v) is 25.9. The molecule has 3 aliphatic heterocycles. The Kier molecular flexibility index (Phi) is 7.84. The lowest BCUT2D eigenvalue weighted by molar-refractivity contribution is -0.136. The van der Waals surface area contributed by atoms with E-state index in [1.54, 1.807) is 74.2 Å². The zero-order valence-electron chi connectivity index (χ0n) is 25.9. The minimum atomic E-state index is -1.05. The Morgan fingerprint density at radius 2 is 1.83 bits per heavy atom. The molecule has 234 valence electrons. The van der Waals surface area contributed by atoms with Crippen molar-refractivity contribution in [2.75, 3.05) is 23.3 Å². The number of amides is 5. The number of piperidine rings is 1. The van der Waals surface area contributed by atoms with Gasteiger partial charge in [0.05, 0.1) is 41.1 Å². The lowest BCUT2D eigenvalue weighted by atomic mass is 9.98. The van der Waals surface area contributed by atoms with Gasteiger partial charge in [-0.2, -0.15) is 5.10 Å². The highest BCUT2D eigenvalue weighted by Crippen LogP contribution is 2.33. The Morgan fingerprint density at radius 3 is 2.55 bits per heavy atom. The predicted octanol–water partition coefficient (Wildman–Crippen LogP) is 3.07. The highest BCUT2D eigenvalue weighted by molar-refractivity contribution is 6.23. The van der Waals surface area contributed by atoms with E-state index < -0.39 is 35.2 Å². The molecule has 2 aromatic carbocycles. The third kappa shape index (κ3) is 5.71. The highest BCUT2D eigenvalue weighted by Gasteiger charge is 2.45. The number of hydrogen-bond acceptors (Lipinski definition) is 7. The van der Waals surface area contributed by atoms with Gasteiger partial charge in [0.15, 0.2) is 5.69 Å². The van der Waals surface area contributed by atoms with Crippen molar-refractivity contribution in [2.24, 2.45) is 5.92 Å². The van der Waals surface area contributed by atoms with Crippen LogP contribution in [0, 0.1) is 36.2 Å². The van der Waals surface area contributed by atoms with E-state index in [1.165, 1.54) is 0 Å². The fourth-order valence-electron chi connectivity index (χ4n) is 5.64. The van der Waals surface area contributed by atoms with Gasteiger partial charge < -0.3 is 10.2 Å². The van der Waals surface area contributed by atoms with Gasteiger partial charge in [0.2, 0.25) is 11.8 Å². The lowest BCUT2D eigenvalue weighted by Gasteiger charge is -2.38. The maximum absolute atomic E-state index is 13.3. The van der Waals surface area contributed by atoms with Crippen molar-refractivity contribution < 1.29 is 24.0 Å². The Labute approximate surface area is 270 Å². The van der Waals surface area contributed by atoms with E-state index in [9.17, 15) is 24.0 Å². The molecule has 0 aliphatic carbocycles. The van der Waals surface area contributed by atoms with Gasteiger partial charge >= 0.3 is 0 Å². The SMILES string of the molecule is [C-]#[N+]c1ccc(NC(=O)C(C)(C)n2cc(C#CC3CN(c4ccc5c(c4)C(=O)N(C4CCC(=O)NC4=O)C5=O)C3)cn2)c(C#CC)c1. The smallest absolute Gasteiger partial charge is 0.262 e. The van der Waals surface area contributed by atoms with Gasteiger partial charge in [-0.3, -0.25) is 38.9 Å². The molecule has 2 fully saturated rings. The van der Waals surface area contributed by atoms with E-state index in [-0.39, 0.29) is 35.8 Å². The number of anilines is 2. The molecular weight excluding hydrogens is 598 g/mol. The fourth-order valence-corrected chi connectivity index (χ4v) is 5.64. The fraction of sp³-hybridized carbons (Fsp3) is 0.286. The molecular formula is C35H29N7O5. The van der Waals surface area contributed by atoms with Crippen LogP contribution < -0.4 is 15.5 Å². The number of nitrogens with one attached hydrogen (secondary N) is 2. The number of rotatable bonds is 5. The second-order valence-corrected chi connectivity index (χ2v) is 12.0. The van der Waals surface area contributed by atoms with Crippen molar-refractivity contribution in [3.05, 3.63) is 82.5 Å². The summed E-state index contributed by atoms with van der Waals surface area (Å²) in [5.74, 6) is 9.73. The molecule has 5 amide bonds. The molecule has 2 saturated heterocycles. The van der Waals surface area contributed by atoms with Crippen LogP contribution in [0.1, 0.15) is 65.5 Å². The van der Waals surface area contributed by atoms with E-state index in [1.807, 2.05) is 4.90 Å². The molecule has 47 heavy (non-hydrogen) atoms. The Balaban J connectivity index is 1.08. The molecule has 2 N–H and O–H groups in total. The molecule has 0 spiro atoms. The summed E-state index contributed by atoms with van der Waals surface area (Å²) >= 11 is 0. The molecule has 1 aromatic heterocycles. The first-order valence-electron chi connectivity index (χ1n) is 14.9. The molecule has 0 bridgehead atoms. The number of aromatic nitrogens is 2. The molecule has 6 rings (SSSR count). The van der Waals surface area contributed by atoms with Crippen molar-refractivity contribution in [3.8, 4) is 23.7 Å². The lowest BCUT2D eigenvalue weighted by Crippen LogP contribution is -2.54. The van der Waals surface area contributed by atoms with Crippen molar-refractivity contribution in [1.29, 1.82) is 0 Å². The van der Waals surface area contributed by atoms with Gasteiger partial charge in [0.1, 0.15) is 11.6 Å². The summed E-state index contributed by atoms with van der Waals surface area (Å²) in [6.45, 7) is 13.6. The van der Waals surface area contributed by atoms with Crippen molar-refractivity contribution in [3.63, 3.8) is 0 Å². The number of nitrogens with zero attached hydrogens (tertiary/aromatic N) is 5. The van der Waals surface area contributed by atoms with Crippen molar-refractivity contribution >= 4 is 46.6 Å². The number of imide groups is 2. The minimum Gasteiger partial charge on any atom is -0.369 e. The third-order valence-corrected chi connectivity index (χ3v) is 8.44. The van der Waals surface area contributed by atoms with Gasteiger partial charge in [0.25, 0.3) is 17.7 Å². The maximum atomic E-state index is 13.3. The van der Waals surface area contributed by atoms with Crippen LogP contribution in [0.3, 0.4) is 0 Å². The van der Waals surface area contributed by atoms with Crippen LogP contribution in [0.15, 0.2) is 48.8 Å². The van der Waals surface area contributed by atoms with Gasteiger partial charge in [-0.15, -0.1) is 5.92 Å². The van der Waals surface area contributed by atoms with E-state index >= 15 is 0 Å². The van der Waals surface area contributed by atoms with Gasteiger partial charge in [0, 0.05) is 37.0 Å². The highest BCUT2D eigenvalue weighted by atomic mass is 16.2. The van der Waals surface area contributed by atoms with E-state index in [0.29, 0.717) is 35.6 Å². The van der Waals surface area contributed by atoms with Crippen LogP contribution >= 0.6 is 0 Å². The Hall–Kier alpha value is -6.19. The number of hydrogen-bond donors (Lipinski definition) is 2. The summed E-state index contributed by atoms with van der Waals surface area (Å²) in [5, 5.41) is 9.50. The van der Waals surface area contributed by atoms with E-state index in [0.717, 1.165) is 10.6 Å². The molecule has 12 nitrogen and oxygen atoms in total. The summed E-state index contributed by atoms with van der Waals surface area (Å²) in [6, 6.07) is 8.96. The molecule has 1 atom stereocenters. The first-order valence-corrected chi connectivity index (χ1v) is 14.9. The summed E-state index contributed by atoms with van der Waals surface area (Å²) < 4.78 is 1.55.